The molecule has 0 fully saturated rings. The highest BCUT2D eigenvalue weighted by Gasteiger charge is 2.15. The van der Waals surface area contributed by atoms with Crippen LogP contribution in [-0.4, -0.2) is 0 Å². The summed E-state index contributed by atoms with van der Waals surface area (Å²) >= 11 is 5.82. The fourth-order valence-electron chi connectivity index (χ4n) is 1.46. The molecule has 0 heterocycles. The number of hydrogen-bond donors (Lipinski definition) is 0. The lowest BCUT2D eigenvalue weighted by Crippen LogP contribution is -1.92. The smallest absolute Gasteiger partial charge is 0.136 e. The molecule has 2 rings (SSSR count). The second-order valence-electron chi connectivity index (χ2n) is 3.22. The van der Waals surface area contributed by atoms with E-state index in [9.17, 15) is 13.2 Å². The van der Waals surface area contributed by atoms with Gasteiger partial charge in [0.15, 0.2) is 0 Å². The van der Waals surface area contributed by atoms with Crippen LogP contribution in [0.15, 0.2) is 36.4 Å². The van der Waals surface area contributed by atoms with Gasteiger partial charge in [-0.05, 0) is 6.07 Å². The van der Waals surface area contributed by atoms with Crippen LogP contribution in [0.2, 0.25) is 5.02 Å². The highest BCUT2D eigenvalue weighted by molar-refractivity contribution is 6.33. The first kappa shape index (κ1) is 11.0. The van der Waals surface area contributed by atoms with Crippen molar-refractivity contribution in [3.05, 3.63) is 58.9 Å². The molecule has 0 aliphatic heterocycles. The van der Waals surface area contributed by atoms with Crippen LogP contribution in [0.5, 0.6) is 0 Å². The molecule has 0 N–H and O–H groups in total. The Morgan fingerprint density at radius 1 is 0.875 bits per heavy atom. The first-order chi connectivity index (χ1) is 7.59. The lowest BCUT2D eigenvalue weighted by molar-refractivity contribution is 0.548. The minimum absolute atomic E-state index is 0.208. The molecule has 2 aromatic carbocycles. The summed E-state index contributed by atoms with van der Waals surface area (Å²) in [6, 6.07) is 7.49. The Morgan fingerprint density at radius 2 is 1.44 bits per heavy atom. The van der Waals surface area contributed by atoms with E-state index in [0.717, 1.165) is 0 Å². The summed E-state index contributed by atoms with van der Waals surface area (Å²) in [6.45, 7) is 0. The molecule has 0 saturated heterocycles. The van der Waals surface area contributed by atoms with Crippen LogP contribution in [0.4, 0.5) is 13.2 Å². The van der Waals surface area contributed by atoms with Crippen molar-refractivity contribution in [2.24, 2.45) is 0 Å². The largest absolute Gasteiger partial charge is 0.207 e. The van der Waals surface area contributed by atoms with Crippen molar-refractivity contribution in [1.29, 1.82) is 0 Å². The zero-order valence-corrected chi connectivity index (χ0v) is 8.73. The van der Waals surface area contributed by atoms with E-state index in [-0.39, 0.29) is 16.1 Å². The molecule has 0 aromatic heterocycles. The van der Waals surface area contributed by atoms with E-state index in [0.29, 0.717) is 12.1 Å². The normalized spacial score (nSPS) is 10.5. The number of hydrogen-bond acceptors (Lipinski definition) is 0. The predicted molar refractivity (Wildman–Crippen MR) is 56.8 cm³/mol. The second-order valence-corrected chi connectivity index (χ2v) is 3.63. The summed E-state index contributed by atoms with van der Waals surface area (Å²) in [7, 11) is 0. The summed E-state index contributed by atoms with van der Waals surface area (Å²) in [5, 5.41) is 0.215. The van der Waals surface area contributed by atoms with E-state index < -0.39 is 17.5 Å². The van der Waals surface area contributed by atoms with Gasteiger partial charge in [0, 0.05) is 22.7 Å². The molecular formula is C12H6ClF3. The maximum absolute atomic E-state index is 13.4. The molecule has 4 heteroatoms. The first-order valence-corrected chi connectivity index (χ1v) is 4.87. The van der Waals surface area contributed by atoms with Gasteiger partial charge < -0.3 is 0 Å². The van der Waals surface area contributed by atoms with Crippen molar-refractivity contribution in [2.45, 2.75) is 0 Å². The fraction of sp³-hybridized carbons (Fsp3) is 0. The minimum Gasteiger partial charge on any atom is -0.207 e. The maximum Gasteiger partial charge on any atom is 0.136 e. The SMILES string of the molecule is Fc1cc(F)c(-c2ccccc2Cl)c(F)c1. The standard InChI is InChI=1S/C12H6ClF3/c13-9-4-2-1-3-8(9)12-10(15)5-7(14)6-11(12)16/h1-6H. The molecule has 0 nitrogen and oxygen atoms in total. The van der Waals surface area contributed by atoms with Crippen molar-refractivity contribution in [3.8, 4) is 11.1 Å². The van der Waals surface area contributed by atoms with Crippen LogP contribution in [0.3, 0.4) is 0 Å². The zero-order chi connectivity index (χ0) is 11.7. The van der Waals surface area contributed by atoms with Gasteiger partial charge in [0.2, 0.25) is 0 Å². The van der Waals surface area contributed by atoms with Gasteiger partial charge in [-0.3, -0.25) is 0 Å². The topological polar surface area (TPSA) is 0 Å². The summed E-state index contributed by atoms with van der Waals surface area (Å²) < 4.78 is 39.6. The second kappa shape index (κ2) is 4.18. The van der Waals surface area contributed by atoms with Gasteiger partial charge in [0.1, 0.15) is 17.5 Å². The quantitative estimate of drug-likeness (QED) is 0.694. The monoisotopic (exact) mass is 242 g/mol. The summed E-state index contributed by atoms with van der Waals surface area (Å²) in [4.78, 5) is 0. The third-order valence-corrected chi connectivity index (χ3v) is 2.48. The van der Waals surface area contributed by atoms with Crippen LogP contribution in [0.25, 0.3) is 11.1 Å². The lowest BCUT2D eigenvalue weighted by Gasteiger charge is -2.07. The van der Waals surface area contributed by atoms with Crippen molar-refractivity contribution in [3.63, 3.8) is 0 Å². The molecule has 0 saturated carbocycles. The molecule has 0 bridgehead atoms. The fourth-order valence-corrected chi connectivity index (χ4v) is 1.69. The highest BCUT2D eigenvalue weighted by atomic mass is 35.5. The molecule has 0 aliphatic rings. The molecule has 16 heavy (non-hydrogen) atoms. The van der Waals surface area contributed by atoms with E-state index >= 15 is 0 Å². The molecule has 0 amide bonds. The van der Waals surface area contributed by atoms with E-state index in [1.165, 1.54) is 12.1 Å². The van der Waals surface area contributed by atoms with Crippen molar-refractivity contribution in [2.75, 3.05) is 0 Å². The van der Waals surface area contributed by atoms with E-state index in [4.69, 9.17) is 11.6 Å². The number of halogens is 4. The number of benzene rings is 2. The third-order valence-electron chi connectivity index (χ3n) is 2.15. The van der Waals surface area contributed by atoms with Crippen LogP contribution in [0.1, 0.15) is 0 Å². The van der Waals surface area contributed by atoms with Gasteiger partial charge in [0.05, 0.1) is 5.56 Å². The summed E-state index contributed by atoms with van der Waals surface area (Å²) in [6.07, 6.45) is 0. The summed E-state index contributed by atoms with van der Waals surface area (Å²) in [5.41, 5.74) is -0.105. The zero-order valence-electron chi connectivity index (χ0n) is 7.98. The average molecular weight is 243 g/mol. The average Bonchev–Trinajstić information content (AvgIpc) is 2.19. The Balaban J connectivity index is 2.70. The van der Waals surface area contributed by atoms with Gasteiger partial charge in [-0.15, -0.1) is 0 Å². The minimum atomic E-state index is -0.967. The Hall–Kier alpha value is -1.48. The van der Waals surface area contributed by atoms with Crippen LogP contribution >= 0.6 is 11.6 Å². The van der Waals surface area contributed by atoms with Gasteiger partial charge in [-0.1, -0.05) is 29.8 Å². The molecule has 0 spiro atoms. The van der Waals surface area contributed by atoms with E-state index in [1.807, 2.05) is 0 Å². The van der Waals surface area contributed by atoms with E-state index in [2.05, 4.69) is 0 Å². The Bertz CT molecular complexity index is 515. The van der Waals surface area contributed by atoms with Crippen molar-refractivity contribution < 1.29 is 13.2 Å². The lowest BCUT2D eigenvalue weighted by atomic mass is 10.0. The molecule has 0 aliphatic carbocycles. The first-order valence-electron chi connectivity index (χ1n) is 4.49. The summed E-state index contributed by atoms with van der Waals surface area (Å²) in [5.74, 6) is -2.89. The van der Waals surface area contributed by atoms with Gasteiger partial charge in [0.25, 0.3) is 0 Å². The highest BCUT2D eigenvalue weighted by Crippen LogP contribution is 2.32. The van der Waals surface area contributed by atoms with Crippen molar-refractivity contribution in [1.82, 2.24) is 0 Å². The Labute approximate surface area is 95.3 Å². The van der Waals surface area contributed by atoms with Gasteiger partial charge in [-0.2, -0.15) is 0 Å². The molecule has 0 unspecified atom stereocenters. The number of rotatable bonds is 1. The molecule has 82 valence electrons. The Kier molecular flexibility index (Phi) is 2.88. The molecule has 2 aromatic rings. The molecule has 0 radical (unpaired) electrons. The van der Waals surface area contributed by atoms with Gasteiger partial charge in [-0.25, -0.2) is 13.2 Å². The predicted octanol–water partition coefficient (Wildman–Crippen LogP) is 4.42. The van der Waals surface area contributed by atoms with Crippen LogP contribution in [0, 0.1) is 17.5 Å². The third kappa shape index (κ3) is 1.91. The van der Waals surface area contributed by atoms with Crippen LogP contribution in [-0.2, 0) is 0 Å². The van der Waals surface area contributed by atoms with Crippen LogP contribution < -0.4 is 0 Å². The van der Waals surface area contributed by atoms with Gasteiger partial charge >= 0.3 is 0 Å². The molecular weight excluding hydrogens is 237 g/mol. The Morgan fingerprint density at radius 3 is 2.00 bits per heavy atom. The van der Waals surface area contributed by atoms with E-state index in [1.54, 1.807) is 12.1 Å². The molecule has 0 atom stereocenters. The van der Waals surface area contributed by atoms with Crippen molar-refractivity contribution >= 4 is 11.6 Å². The maximum atomic E-state index is 13.4.